The molecule has 2 N–H and O–H groups in total. The molecule has 136 valence electrons. The molecule has 0 fully saturated rings. The number of anilines is 1. The molecule has 1 aromatic carbocycles. The van der Waals surface area contributed by atoms with Crippen LogP contribution in [0.4, 0.5) is 5.82 Å². The van der Waals surface area contributed by atoms with Crippen molar-refractivity contribution >= 4 is 34.6 Å². The van der Waals surface area contributed by atoms with E-state index in [1.165, 1.54) is 6.08 Å². The normalized spacial score (nSPS) is 13.3. The van der Waals surface area contributed by atoms with Gasteiger partial charge in [-0.05, 0) is 35.2 Å². The molecule has 0 unspecified atom stereocenters. The van der Waals surface area contributed by atoms with Gasteiger partial charge in [-0.3, -0.25) is 9.59 Å². The van der Waals surface area contributed by atoms with E-state index in [0.29, 0.717) is 23.7 Å². The fraction of sp³-hybridized carbons (Fsp3) is 0.150. The molecule has 7 nitrogen and oxygen atoms in total. The third kappa shape index (κ3) is 3.52. The van der Waals surface area contributed by atoms with Crippen molar-refractivity contribution in [2.24, 2.45) is 7.05 Å². The van der Waals surface area contributed by atoms with Gasteiger partial charge in [0.2, 0.25) is 5.91 Å². The fourth-order valence-corrected chi connectivity index (χ4v) is 2.99. The highest BCUT2D eigenvalue weighted by Crippen LogP contribution is 2.26. The van der Waals surface area contributed by atoms with Gasteiger partial charge in [0, 0.05) is 30.5 Å². The molecule has 2 aromatic heterocycles. The van der Waals surface area contributed by atoms with Crippen LogP contribution in [0.1, 0.15) is 11.3 Å². The molecule has 0 radical (unpaired) electrons. The van der Waals surface area contributed by atoms with Crippen molar-refractivity contribution in [3.05, 3.63) is 59.9 Å². The van der Waals surface area contributed by atoms with E-state index < -0.39 is 0 Å². The van der Waals surface area contributed by atoms with Crippen molar-refractivity contribution in [3.8, 4) is 5.75 Å². The van der Waals surface area contributed by atoms with Crippen molar-refractivity contribution in [2.75, 3.05) is 11.9 Å². The van der Waals surface area contributed by atoms with Crippen LogP contribution in [0.3, 0.4) is 0 Å². The van der Waals surface area contributed by atoms with Gasteiger partial charge in [-0.25, -0.2) is 4.98 Å². The number of hydrogen-bond acceptors (Lipinski definition) is 4. The van der Waals surface area contributed by atoms with Crippen LogP contribution in [-0.2, 0) is 23.2 Å². The Balaban J connectivity index is 1.40. The largest absolute Gasteiger partial charge is 0.480 e. The number of para-hydroxylation sites is 1. The van der Waals surface area contributed by atoms with E-state index in [-0.39, 0.29) is 18.4 Å². The van der Waals surface area contributed by atoms with Crippen LogP contribution in [0.5, 0.6) is 5.75 Å². The molecule has 3 heterocycles. The molecule has 1 aliphatic rings. The zero-order valence-electron chi connectivity index (χ0n) is 14.7. The number of benzene rings is 1. The molecule has 1 aliphatic heterocycles. The zero-order chi connectivity index (χ0) is 18.8. The summed E-state index contributed by atoms with van der Waals surface area (Å²) >= 11 is 0. The van der Waals surface area contributed by atoms with Crippen LogP contribution in [0.2, 0.25) is 0 Å². The Morgan fingerprint density at radius 2 is 2.22 bits per heavy atom. The number of rotatable bonds is 4. The highest BCUT2D eigenvalue weighted by Gasteiger charge is 2.16. The summed E-state index contributed by atoms with van der Waals surface area (Å²) in [6, 6.07) is 11.9. The quantitative estimate of drug-likeness (QED) is 0.697. The Labute approximate surface area is 155 Å². The first-order valence-electron chi connectivity index (χ1n) is 8.52. The van der Waals surface area contributed by atoms with E-state index >= 15 is 0 Å². The maximum atomic E-state index is 12.1. The van der Waals surface area contributed by atoms with E-state index in [1.54, 1.807) is 18.3 Å². The van der Waals surface area contributed by atoms with Crippen molar-refractivity contribution in [1.29, 1.82) is 0 Å². The van der Waals surface area contributed by atoms with Gasteiger partial charge in [-0.2, -0.15) is 0 Å². The molecule has 0 aliphatic carbocycles. The minimum atomic E-state index is -0.231. The summed E-state index contributed by atoms with van der Waals surface area (Å²) in [5, 5.41) is 6.66. The average Bonchev–Trinajstić information content (AvgIpc) is 3.00. The lowest BCUT2D eigenvalue weighted by molar-refractivity contribution is -0.118. The Hall–Kier alpha value is -3.61. The topological polar surface area (TPSA) is 85.2 Å². The number of amides is 2. The molecule has 2 amide bonds. The van der Waals surface area contributed by atoms with Crippen LogP contribution in [0.25, 0.3) is 17.0 Å². The summed E-state index contributed by atoms with van der Waals surface area (Å²) in [5.41, 5.74) is 2.87. The monoisotopic (exact) mass is 362 g/mol. The van der Waals surface area contributed by atoms with Gasteiger partial charge >= 0.3 is 0 Å². The second kappa shape index (κ2) is 6.95. The molecule has 27 heavy (non-hydrogen) atoms. The minimum Gasteiger partial charge on any atom is -0.480 e. The predicted molar refractivity (Wildman–Crippen MR) is 102 cm³/mol. The first-order chi connectivity index (χ1) is 13.1. The number of fused-ring (bicyclic) bond motifs is 2. The molecule has 0 saturated heterocycles. The summed E-state index contributed by atoms with van der Waals surface area (Å²) in [4.78, 5) is 27.5. The number of aromatic nitrogens is 2. The van der Waals surface area contributed by atoms with E-state index in [2.05, 4.69) is 26.3 Å². The van der Waals surface area contributed by atoms with E-state index in [0.717, 1.165) is 16.6 Å². The molecular weight excluding hydrogens is 344 g/mol. The summed E-state index contributed by atoms with van der Waals surface area (Å²) < 4.78 is 7.39. The summed E-state index contributed by atoms with van der Waals surface area (Å²) in [7, 11) is 1.98. The van der Waals surface area contributed by atoms with Crippen LogP contribution in [0.15, 0.2) is 48.7 Å². The lowest BCUT2D eigenvalue weighted by Crippen LogP contribution is -2.26. The number of carbonyl (C=O) groups is 2. The predicted octanol–water partition coefficient (Wildman–Crippen LogP) is 2.23. The number of pyridine rings is 1. The van der Waals surface area contributed by atoms with Gasteiger partial charge in [0.05, 0.1) is 6.54 Å². The number of carbonyl (C=O) groups excluding carboxylic acids is 2. The lowest BCUT2D eigenvalue weighted by Gasteiger charge is -2.16. The third-order valence-corrected chi connectivity index (χ3v) is 4.41. The van der Waals surface area contributed by atoms with Gasteiger partial charge < -0.3 is 19.9 Å². The number of aryl methyl sites for hydroxylation is 1. The number of nitrogens with zero attached hydrogens (tertiary/aromatic N) is 2. The number of ether oxygens (including phenoxy) is 1. The first-order valence-corrected chi connectivity index (χ1v) is 8.52. The van der Waals surface area contributed by atoms with E-state index in [4.69, 9.17) is 4.74 Å². The molecule has 0 saturated carbocycles. The summed E-state index contributed by atoms with van der Waals surface area (Å²) in [6.45, 7) is 0.402. The van der Waals surface area contributed by atoms with E-state index in [1.807, 2.05) is 31.3 Å². The van der Waals surface area contributed by atoms with Gasteiger partial charge in [0.25, 0.3) is 5.91 Å². The Bertz CT molecular complexity index is 1070. The smallest absolute Gasteiger partial charge is 0.263 e. The maximum Gasteiger partial charge on any atom is 0.263 e. The van der Waals surface area contributed by atoms with Gasteiger partial charge in [0.1, 0.15) is 0 Å². The second-order valence-corrected chi connectivity index (χ2v) is 6.26. The molecule has 0 atom stereocenters. The third-order valence-electron chi connectivity index (χ3n) is 4.41. The van der Waals surface area contributed by atoms with Crippen molar-refractivity contribution in [1.82, 2.24) is 14.9 Å². The molecular formula is C20H18N4O3. The molecule has 7 heteroatoms. The molecule has 0 spiro atoms. The Morgan fingerprint density at radius 3 is 3.07 bits per heavy atom. The average molecular weight is 362 g/mol. The van der Waals surface area contributed by atoms with Crippen LogP contribution >= 0.6 is 0 Å². The SMILES string of the molecule is Cn1c(CNC(=O)C=Cc2cnc3c(c2)OCC(=O)N3)cc2ccccc21. The van der Waals surface area contributed by atoms with Crippen molar-refractivity contribution < 1.29 is 14.3 Å². The standard InChI is InChI=1S/C20H18N4O3/c1-24-15(9-14-4-2-3-5-16(14)24)11-21-18(25)7-6-13-8-17-20(22-10-13)23-19(26)12-27-17/h2-10H,11-12H2,1H3,(H,21,25)(H,22,23,26). The lowest BCUT2D eigenvalue weighted by atomic mass is 10.2. The van der Waals surface area contributed by atoms with Gasteiger partial charge in [-0.1, -0.05) is 18.2 Å². The van der Waals surface area contributed by atoms with Crippen LogP contribution < -0.4 is 15.4 Å². The van der Waals surface area contributed by atoms with E-state index in [9.17, 15) is 9.59 Å². The molecule has 4 rings (SSSR count). The molecule has 3 aromatic rings. The fourth-order valence-electron chi connectivity index (χ4n) is 2.99. The number of hydrogen-bond donors (Lipinski definition) is 2. The minimum absolute atomic E-state index is 0.0344. The number of nitrogens with one attached hydrogen (secondary N) is 2. The molecule has 0 bridgehead atoms. The zero-order valence-corrected chi connectivity index (χ0v) is 14.7. The maximum absolute atomic E-state index is 12.1. The summed E-state index contributed by atoms with van der Waals surface area (Å²) in [6.07, 6.45) is 4.68. The van der Waals surface area contributed by atoms with Gasteiger partial charge in [0.15, 0.2) is 18.2 Å². The Morgan fingerprint density at radius 1 is 1.37 bits per heavy atom. The first kappa shape index (κ1) is 16.8. The summed E-state index contributed by atoms with van der Waals surface area (Å²) in [5.74, 6) is 0.453. The van der Waals surface area contributed by atoms with Crippen LogP contribution in [0, 0.1) is 0 Å². The van der Waals surface area contributed by atoms with Crippen molar-refractivity contribution in [3.63, 3.8) is 0 Å². The highest BCUT2D eigenvalue weighted by molar-refractivity contribution is 5.95. The van der Waals surface area contributed by atoms with Crippen molar-refractivity contribution in [2.45, 2.75) is 6.54 Å². The van der Waals surface area contributed by atoms with Gasteiger partial charge in [-0.15, -0.1) is 0 Å². The Kier molecular flexibility index (Phi) is 4.33. The highest BCUT2D eigenvalue weighted by atomic mass is 16.5. The van der Waals surface area contributed by atoms with Crippen LogP contribution in [-0.4, -0.2) is 28.0 Å². The second-order valence-electron chi connectivity index (χ2n) is 6.26.